The normalized spacial score (nSPS) is 9.07. The molecule has 0 aliphatic rings. The molecule has 0 aromatic heterocycles. The van der Waals surface area contributed by atoms with Crippen molar-refractivity contribution in [2.24, 2.45) is 0 Å². The van der Waals surface area contributed by atoms with Crippen molar-refractivity contribution in [1.82, 2.24) is 0 Å². The van der Waals surface area contributed by atoms with Crippen molar-refractivity contribution in [2.45, 2.75) is 0 Å². The fraction of sp³-hybridized carbons (Fsp3) is 0. The summed E-state index contributed by atoms with van der Waals surface area (Å²) in [5.74, 6) is 0. The first-order valence-electron chi connectivity index (χ1n) is 3.31. The van der Waals surface area contributed by atoms with Gasteiger partial charge in [0.05, 0.1) is 0 Å². The highest BCUT2D eigenvalue weighted by Crippen LogP contribution is 2.19. The van der Waals surface area contributed by atoms with Gasteiger partial charge in [-0.25, -0.2) is 0 Å². The molecule has 0 saturated carbocycles. The summed E-state index contributed by atoms with van der Waals surface area (Å²) in [5.41, 5.74) is -1.52. The van der Waals surface area contributed by atoms with E-state index in [0.717, 1.165) is 0 Å². The largest absolute Gasteiger partial charge is 0.192 e. The molecule has 0 aliphatic carbocycles. The molecule has 0 unspecified atom stereocenters. The third-order valence-corrected chi connectivity index (χ3v) is 1.54. The van der Waals surface area contributed by atoms with E-state index >= 15 is 0 Å². The van der Waals surface area contributed by atoms with Gasteiger partial charge in [-0.05, 0) is 0 Å². The Balaban J connectivity index is 6.07. The van der Waals surface area contributed by atoms with Gasteiger partial charge in [-0.3, -0.25) is 0 Å². The van der Waals surface area contributed by atoms with Crippen LogP contribution in [0.2, 0.25) is 0 Å². The van der Waals surface area contributed by atoms with Crippen LogP contribution in [0.25, 0.3) is 0 Å². The van der Waals surface area contributed by atoms with Crippen molar-refractivity contribution >= 4 is 11.6 Å². The summed E-state index contributed by atoms with van der Waals surface area (Å²) in [6.45, 7) is 0. The third-order valence-electron chi connectivity index (χ3n) is 1.26. The molecule has 0 bridgehead atoms. The fourth-order valence-electron chi connectivity index (χ4n) is 0.644. The molecule has 0 amide bonds. The van der Waals surface area contributed by atoms with Gasteiger partial charge in [0, 0.05) is 0 Å². The zero-order valence-electron chi connectivity index (χ0n) is 7.11. The molecule has 0 atom stereocenters. The van der Waals surface area contributed by atoms with Gasteiger partial charge in [-0.2, -0.15) is 26.3 Å². The van der Waals surface area contributed by atoms with Crippen molar-refractivity contribution in [3.63, 3.8) is 0 Å². The second-order valence-corrected chi connectivity index (χ2v) is 2.38. The van der Waals surface area contributed by atoms with Gasteiger partial charge in [0.15, 0.2) is 0 Å². The summed E-state index contributed by atoms with van der Waals surface area (Å²) in [7, 11) is 0. The molecular formula is C9ClN5. The SMILES string of the molecule is N#CC(Cl)=C(C#N)C(C#N)=C(C#N)C#N. The summed E-state index contributed by atoms with van der Waals surface area (Å²) in [6, 6.07) is 7.32. The van der Waals surface area contributed by atoms with Gasteiger partial charge in [-0.1, -0.05) is 11.6 Å². The zero-order valence-corrected chi connectivity index (χ0v) is 7.87. The lowest BCUT2D eigenvalue weighted by atomic mass is 10.0. The van der Waals surface area contributed by atoms with E-state index in [1.54, 1.807) is 0 Å². The van der Waals surface area contributed by atoms with Gasteiger partial charge in [0.2, 0.25) is 0 Å². The third kappa shape index (κ3) is 2.58. The molecule has 6 heteroatoms. The molecule has 0 N–H and O–H groups in total. The molecule has 0 heterocycles. The minimum atomic E-state index is -0.553. The van der Waals surface area contributed by atoms with Crippen LogP contribution >= 0.6 is 11.6 Å². The molecule has 0 spiro atoms. The molecule has 0 aromatic carbocycles. The Morgan fingerprint density at radius 2 is 1.13 bits per heavy atom. The molecule has 0 rings (SSSR count). The maximum Gasteiger partial charge on any atom is 0.148 e. The smallest absolute Gasteiger partial charge is 0.148 e. The molecule has 0 fully saturated rings. The lowest BCUT2D eigenvalue weighted by molar-refractivity contribution is 1.38. The Labute approximate surface area is 90.5 Å². The Kier molecular flexibility index (Phi) is 4.72. The highest BCUT2D eigenvalue weighted by Gasteiger charge is 2.15. The van der Waals surface area contributed by atoms with Crippen LogP contribution in [0.15, 0.2) is 21.8 Å². The van der Waals surface area contributed by atoms with Gasteiger partial charge >= 0.3 is 0 Å². The minimum Gasteiger partial charge on any atom is -0.192 e. The highest BCUT2D eigenvalue weighted by molar-refractivity contribution is 6.32. The van der Waals surface area contributed by atoms with Gasteiger partial charge in [0.1, 0.15) is 52.1 Å². The summed E-state index contributed by atoms with van der Waals surface area (Å²) >= 11 is 5.35. The molecule has 68 valence electrons. The van der Waals surface area contributed by atoms with Crippen LogP contribution in [0.5, 0.6) is 0 Å². The van der Waals surface area contributed by atoms with Crippen LogP contribution in [0, 0.1) is 56.7 Å². The fourth-order valence-corrected chi connectivity index (χ4v) is 0.781. The Morgan fingerprint density at radius 1 is 0.667 bits per heavy atom. The Hall–Kier alpha value is -2.78. The number of halogens is 1. The highest BCUT2D eigenvalue weighted by atomic mass is 35.5. The quantitative estimate of drug-likeness (QED) is 0.482. The molecule has 0 radical (unpaired) electrons. The molecular weight excluding hydrogens is 214 g/mol. The number of rotatable bonds is 1. The van der Waals surface area contributed by atoms with Crippen molar-refractivity contribution in [3.05, 3.63) is 21.8 Å². The average Bonchev–Trinajstić information content (AvgIpc) is 2.28. The van der Waals surface area contributed by atoms with Crippen LogP contribution in [0.4, 0.5) is 0 Å². The first kappa shape index (κ1) is 12.2. The van der Waals surface area contributed by atoms with E-state index < -0.39 is 21.8 Å². The lowest BCUT2D eigenvalue weighted by Crippen LogP contribution is -1.91. The van der Waals surface area contributed by atoms with Crippen molar-refractivity contribution < 1.29 is 0 Å². The average molecular weight is 214 g/mol. The van der Waals surface area contributed by atoms with Crippen molar-refractivity contribution in [1.29, 1.82) is 26.3 Å². The number of nitriles is 5. The summed E-state index contributed by atoms with van der Waals surface area (Å²) in [4.78, 5) is 0. The van der Waals surface area contributed by atoms with Gasteiger partial charge < -0.3 is 0 Å². The maximum absolute atomic E-state index is 8.64. The first-order valence-corrected chi connectivity index (χ1v) is 3.68. The summed E-state index contributed by atoms with van der Waals surface area (Å²) < 4.78 is 0. The van der Waals surface area contributed by atoms with E-state index in [1.165, 1.54) is 30.3 Å². The van der Waals surface area contributed by atoms with E-state index in [-0.39, 0.29) is 0 Å². The zero-order chi connectivity index (χ0) is 11.8. The van der Waals surface area contributed by atoms with Gasteiger partial charge in [-0.15, -0.1) is 0 Å². The second kappa shape index (κ2) is 5.80. The van der Waals surface area contributed by atoms with Crippen molar-refractivity contribution in [2.75, 3.05) is 0 Å². The van der Waals surface area contributed by atoms with E-state index in [0.29, 0.717) is 0 Å². The van der Waals surface area contributed by atoms with Crippen molar-refractivity contribution in [3.8, 4) is 30.3 Å². The standard InChI is InChI=1S/C9ClN5/c10-9(5-15)8(4-14)7(3-13)6(1-11)2-12. The molecule has 15 heavy (non-hydrogen) atoms. The number of nitrogens with zero attached hydrogens (tertiary/aromatic N) is 5. The predicted molar refractivity (Wildman–Crippen MR) is 48.0 cm³/mol. The van der Waals surface area contributed by atoms with Gasteiger partial charge in [0.25, 0.3) is 0 Å². The topological polar surface area (TPSA) is 119 Å². The maximum atomic E-state index is 8.64. The van der Waals surface area contributed by atoms with E-state index in [4.69, 9.17) is 37.9 Å². The Morgan fingerprint density at radius 3 is 1.40 bits per heavy atom. The monoisotopic (exact) mass is 213 g/mol. The molecule has 0 aromatic rings. The number of allylic oxidation sites excluding steroid dienone is 4. The molecule has 0 aliphatic heterocycles. The van der Waals surface area contributed by atoms with Crippen LogP contribution in [0.3, 0.4) is 0 Å². The van der Waals surface area contributed by atoms with Crippen LogP contribution in [-0.4, -0.2) is 0 Å². The Bertz CT molecular complexity index is 532. The molecule has 0 saturated heterocycles. The van der Waals surface area contributed by atoms with Crippen LogP contribution < -0.4 is 0 Å². The lowest BCUT2D eigenvalue weighted by Gasteiger charge is -1.94. The van der Waals surface area contributed by atoms with E-state index in [2.05, 4.69) is 0 Å². The summed E-state index contributed by atoms with van der Waals surface area (Å²) in [5, 5.41) is 42.1. The second-order valence-electron chi connectivity index (χ2n) is 2.00. The number of hydrogen-bond acceptors (Lipinski definition) is 5. The molecule has 5 nitrogen and oxygen atoms in total. The van der Waals surface area contributed by atoms with E-state index in [1.807, 2.05) is 0 Å². The van der Waals surface area contributed by atoms with Crippen LogP contribution in [0.1, 0.15) is 0 Å². The number of hydrogen-bond donors (Lipinski definition) is 0. The van der Waals surface area contributed by atoms with Crippen LogP contribution in [-0.2, 0) is 0 Å². The minimum absolute atomic E-state index is 0.472. The van der Waals surface area contributed by atoms with E-state index in [9.17, 15) is 0 Å². The predicted octanol–water partition coefficient (Wildman–Crippen LogP) is 1.39. The first-order chi connectivity index (χ1) is 7.15. The summed E-state index contributed by atoms with van der Waals surface area (Å²) in [6.07, 6.45) is 0.